The Kier molecular flexibility index (Phi) is 5.51. The van der Waals surface area contributed by atoms with Gasteiger partial charge in [0.1, 0.15) is 0 Å². The first kappa shape index (κ1) is 19.1. The van der Waals surface area contributed by atoms with Crippen molar-refractivity contribution in [3.63, 3.8) is 0 Å². The largest absolute Gasteiger partial charge is 0.352 e. The molecule has 0 atom stereocenters. The van der Waals surface area contributed by atoms with Crippen molar-refractivity contribution in [2.24, 2.45) is 0 Å². The number of ketones is 1. The van der Waals surface area contributed by atoms with E-state index in [1.165, 1.54) is 0 Å². The highest BCUT2D eigenvalue weighted by atomic mass is 16.2. The highest BCUT2D eigenvalue weighted by Gasteiger charge is 2.24. The first-order valence-corrected chi connectivity index (χ1v) is 9.96. The minimum atomic E-state index is 0.0136. The number of piperazine rings is 1. The Balaban J connectivity index is 1.34. The van der Waals surface area contributed by atoms with Crippen LogP contribution in [0.1, 0.15) is 28.9 Å². The Labute approximate surface area is 170 Å². The molecule has 0 bridgehead atoms. The number of benzene rings is 2. The Morgan fingerprint density at radius 1 is 0.828 bits per heavy atom. The van der Waals surface area contributed by atoms with Gasteiger partial charge < -0.3 is 9.80 Å². The molecule has 4 rings (SSSR count). The van der Waals surface area contributed by atoms with Crippen LogP contribution in [0.3, 0.4) is 0 Å². The van der Waals surface area contributed by atoms with Crippen molar-refractivity contribution in [2.45, 2.75) is 19.8 Å². The summed E-state index contributed by atoms with van der Waals surface area (Å²) < 4.78 is 0. The van der Waals surface area contributed by atoms with E-state index in [-0.39, 0.29) is 24.5 Å². The van der Waals surface area contributed by atoms with Gasteiger partial charge in [0, 0.05) is 44.6 Å². The number of carbonyl (C=O) groups excluding carboxylic acids is 2. The molecule has 6 heteroatoms. The molecule has 2 aromatic carbocycles. The summed E-state index contributed by atoms with van der Waals surface area (Å²) in [6.07, 6.45) is 0.501. The Hall–Kier alpha value is -3.28. The number of hydrogen-bond donors (Lipinski definition) is 0. The number of amides is 1. The third-order valence-electron chi connectivity index (χ3n) is 5.31. The van der Waals surface area contributed by atoms with Crippen molar-refractivity contribution >= 4 is 28.5 Å². The number of hydrogen-bond acceptors (Lipinski definition) is 5. The van der Waals surface area contributed by atoms with E-state index in [0.29, 0.717) is 31.7 Å². The Morgan fingerprint density at radius 3 is 2.14 bits per heavy atom. The monoisotopic (exact) mass is 388 g/mol. The van der Waals surface area contributed by atoms with Crippen molar-refractivity contribution in [3.05, 3.63) is 65.9 Å². The maximum Gasteiger partial charge on any atom is 0.223 e. The van der Waals surface area contributed by atoms with Gasteiger partial charge in [0.25, 0.3) is 0 Å². The topological polar surface area (TPSA) is 66.4 Å². The Morgan fingerprint density at radius 2 is 1.45 bits per heavy atom. The minimum absolute atomic E-state index is 0.0136. The van der Waals surface area contributed by atoms with E-state index in [9.17, 15) is 9.59 Å². The van der Waals surface area contributed by atoms with Crippen molar-refractivity contribution in [2.75, 3.05) is 31.1 Å². The van der Waals surface area contributed by atoms with Crippen LogP contribution in [0.5, 0.6) is 0 Å². The predicted octanol–water partition coefficient (Wildman–Crippen LogP) is 3.25. The van der Waals surface area contributed by atoms with Crippen LogP contribution >= 0.6 is 0 Å². The second-order valence-electron chi connectivity index (χ2n) is 7.28. The number of aryl methyl sites for hydroxylation is 1. The number of rotatable bonds is 5. The molecule has 0 N–H and O–H groups in total. The average molecular weight is 388 g/mol. The minimum Gasteiger partial charge on any atom is -0.352 e. The van der Waals surface area contributed by atoms with E-state index < -0.39 is 0 Å². The Bertz CT molecular complexity index is 1030. The normalized spacial score (nSPS) is 14.2. The molecule has 1 saturated heterocycles. The SMILES string of the molecule is Cc1nc2ccccc2nc1N1CCN(C(=O)CCC(=O)c2ccccc2)CC1. The maximum absolute atomic E-state index is 12.5. The van der Waals surface area contributed by atoms with Crippen LogP contribution in [0.4, 0.5) is 5.82 Å². The molecule has 3 aromatic rings. The quantitative estimate of drug-likeness (QED) is 0.628. The number of nitrogens with zero attached hydrogens (tertiary/aromatic N) is 4. The maximum atomic E-state index is 12.5. The van der Waals surface area contributed by atoms with Gasteiger partial charge >= 0.3 is 0 Å². The molecule has 0 aliphatic carbocycles. The lowest BCUT2D eigenvalue weighted by Gasteiger charge is -2.36. The van der Waals surface area contributed by atoms with Gasteiger partial charge in [-0.2, -0.15) is 0 Å². The van der Waals surface area contributed by atoms with Gasteiger partial charge in [-0.15, -0.1) is 0 Å². The van der Waals surface area contributed by atoms with Crippen LogP contribution in [0, 0.1) is 6.92 Å². The van der Waals surface area contributed by atoms with Crippen molar-refractivity contribution in [3.8, 4) is 0 Å². The summed E-state index contributed by atoms with van der Waals surface area (Å²) in [5.41, 5.74) is 3.34. The molecule has 1 amide bonds. The smallest absolute Gasteiger partial charge is 0.223 e. The zero-order valence-corrected chi connectivity index (χ0v) is 16.5. The molecule has 0 saturated carbocycles. The van der Waals surface area contributed by atoms with Gasteiger partial charge in [-0.25, -0.2) is 9.97 Å². The summed E-state index contributed by atoms with van der Waals surface area (Å²) in [5.74, 6) is 0.935. The van der Waals surface area contributed by atoms with E-state index in [1.807, 2.05) is 54.3 Å². The molecular weight excluding hydrogens is 364 g/mol. The predicted molar refractivity (Wildman–Crippen MR) is 113 cm³/mol. The molecule has 29 heavy (non-hydrogen) atoms. The van der Waals surface area contributed by atoms with Crippen molar-refractivity contribution < 1.29 is 9.59 Å². The van der Waals surface area contributed by atoms with Crippen molar-refractivity contribution in [1.82, 2.24) is 14.9 Å². The number of anilines is 1. The molecular formula is C23H24N4O2. The third kappa shape index (κ3) is 4.26. The molecule has 0 spiro atoms. The van der Waals surface area contributed by atoms with E-state index in [0.717, 1.165) is 22.5 Å². The van der Waals surface area contributed by atoms with Crippen LogP contribution in [0.15, 0.2) is 54.6 Å². The molecule has 0 unspecified atom stereocenters. The third-order valence-corrected chi connectivity index (χ3v) is 5.31. The summed E-state index contributed by atoms with van der Waals surface area (Å²) >= 11 is 0. The lowest BCUT2D eigenvalue weighted by Crippen LogP contribution is -2.49. The zero-order chi connectivity index (χ0) is 20.2. The van der Waals surface area contributed by atoms with E-state index in [4.69, 9.17) is 4.98 Å². The fourth-order valence-corrected chi connectivity index (χ4v) is 3.69. The molecule has 0 radical (unpaired) electrons. The van der Waals surface area contributed by atoms with Crippen LogP contribution in [-0.4, -0.2) is 52.7 Å². The lowest BCUT2D eigenvalue weighted by atomic mass is 10.1. The highest BCUT2D eigenvalue weighted by molar-refractivity contribution is 5.97. The molecule has 2 heterocycles. The molecule has 1 fully saturated rings. The summed E-state index contributed by atoms with van der Waals surface area (Å²) in [7, 11) is 0. The van der Waals surface area contributed by atoms with Gasteiger partial charge in [-0.3, -0.25) is 9.59 Å². The first-order chi connectivity index (χ1) is 14.1. The second-order valence-corrected chi connectivity index (χ2v) is 7.28. The molecule has 1 aliphatic rings. The number of carbonyl (C=O) groups is 2. The van der Waals surface area contributed by atoms with Gasteiger partial charge in [0.05, 0.1) is 16.7 Å². The number of aromatic nitrogens is 2. The van der Waals surface area contributed by atoms with Crippen LogP contribution in [0.2, 0.25) is 0 Å². The van der Waals surface area contributed by atoms with Crippen LogP contribution in [-0.2, 0) is 4.79 Å². The van der Waals surface area contributed by atoms with Crippen LogP contribution < -0.4 is 4.90 Å². The highest BCUT2D eigenvalue weighted by Crippen LogP contribution is 2.21. The first-order valence-electron chi connectivity index (χ1n) is 9.96. The number of para-hydroxylation sites is 2. The van der Waals surface area contributed by atoms with Crippen molar-refractivity contribution in [1.29, 1.82) is 0 Å². The van der Waals surface area contributed by atoms with Crippen LogP contribution in [0.25, 0.3) is 11.0 Å². The second kappa shape index (κ2) is 8.39. The lowest BCUT2D eigenvalue weighted by molar-refractivity contribution is -0.131. The van der Waals surface area contributed by atoms with Gasteiger partial charge in [0.2, 0.25) is 5.91 Å². The zero-order valence-electron chi connectivity index (χ0n) is 16.5. The molecule has 1 aliphatic heterocycles. The molecule has 148 valence electrons. The van der Waals surface area contributed by atoms with Gasteiger partial charge in [-0.05, 0) is 19.1 Å². The summed E-state index contributed by atoms with van der Waals surface area (Å²) in [6, 6.07) is 17.0. The fraction of sp³-hybridized carbons (Fsp3) is 0.304. The van der Waals surface area contributed by atoms with Gasteiger partial charge in [0.15, 0.2) is 11.6 Å². The van der Waals surface area contributed by atoms with Gasteiger partial charge in [-0.1, -0.05) is 42.5 Å². The van der Waals surface area contributed by atoms with E-state index in [1.54, 1.807) is 12.1 Å². The number of Topliss-reactive ketones (excluding diaryl/α,β-unsaturated/α-hetero) is 1. The summed E-state index contributed by atoms with van der Waals surface area (Å²) in [4.78, 5) is 38.2. The van der Waals surface area contributed by atoms with E-state index in [2.05, 4.69) is 9.88 Å². The number of fused-ring (bicyclic) bond motifs is 1. The van der Waals surface area contributed by atoms with E-state index >= 15 is 0 Å². The average Bonchev–Trinajstić information content (AvgIpc) is 2.77. The summed E-state index contributed by atoms with van der Waals surface area (Å²) in [5, 5.41) is 0. The summed E-state index contributed by atoms with van der Waals surface area (Å²) in [6.45, 7) is 4.67. The molecule has 6 nitrogen and oxygen atoms in total. The fourth-order valence-electron chi connectivity index (χ4n) is 3.69. The molecule has 1 aromatic heterocycles. The standard InChI is InChI=1S/C23H24N4O2/c1-17-23(25-20-10-6-5-9-19(20)24-17)27-15-13-26(14-16-27)22(29)12-11-21(28)18-7-3-2-4-8-18/h2-10H,11-16H2,1H3.